The maximum absolute atomic E-state index is 12.3. The van der Waals surface area contributed by atoms with Crippen molar-refractivity contribution in [2.45, 2.75) is 59.5 Å². The van der Waals surface area contributed by atoms with Gasteiger partial charge in [0.25, 0.3) is 0 Å². The molecule has 0 aromatic carbocycles. The third kappa shape index (κ3) is 5.12. The molecule has 0 aliphatic carbocycles. The maximum Gasteiger partial charge on any atom is 0.384 e. The Balaban J connectivity index is 2.50. The largest absolute Gasteiger partial charge is 0.461 e. The van der Waals surface area contributed by atoms with Crippen molar-refractivity contribution < 1.29 is 33.3 Å². The van der Waals surface area contributed by atoms with Crippen molar-refractivity contribution in [2.24, 2.45) is 5.92 Å². The van der Waals surface area contributed by atoms with Crippen LogP contribution in [0.2, 0.25) is 0 Å². The van der Waals surface area contributed by atoms with E-state index in [4.69, 9.17) is 18.9 Å². The number of carbonyl (C=O) groups is 3. The summed E-state index contributed by atoms with van der Waals surface area (Å²) >= 11 is 0. The summed E-state index contributed by atoms with van der Waals surface area (Å²) in [5.74, 6) is 2.76. The molecule has 1 aliphatic heterocycles. The van der Waals surface area contributed by atoms with Crippen molar-refractivity contribution in [3.63, 3.8) is 0 Å². The van der Waals surface area contributed by atoms with Crippen LogP contribution in [0.3, 0.4) is 0 Å². The molecule has 1 aliphatic rings. The van der Waals surface area contributed by atoms with E-state index in [0.29, 0.717) is 6.42 Å². The molecule has 29 heavy (non-hydrogen) atoms. The van der Waals surface area contributed by atoms with Gasteiger partial charge < -0.3 is 18.9 Å². The van der Waals surface area contributed by atoms with Gasteiger partial charge in [-0.3, -0.25) is 4.79 Å². The van der Waals surface area contributed by atoms with E-state index >= 15 is 0 Å². The van der Waals surface area contributed by atoms with Crippen LogP contribution in [0, 0.1) is 17.8 Å². The van der Waals surface area contributed by atoms with Crippen LogP contribution < -0.4 is 0 Å². The van der Waals surface area contributed by atoms with Crippen LogP contribution in [0.5, 0.6) is 0 Å². The molecule has 10 heteroatoms. The molecule has 0 N–H and O–H groups in total. The van der Waals surface area contributed by atoms with E-state index in [9.17, 15) is 14.4 Å². The van der Waals surface area contributed by atoms with Crippen molar-refractivity contribution in [1.82, 2.24) is 15.0 Å². The van der Waals surface area contributed by atoms with Gasteiger partial charge in [-0.15, -0.1) is 5.10 Å². The zero-order valence-corrected chi connectivity index (χ0v) is 17.1. The standard InChI is InChI=1S/C19H25N3O7/c1-6-14-11(4)17(28-12(5)23)18(29-14)22-13(9-10-15(24)26-7-2)16(20-21-22)19(25)27-8-3/h11,14,17-18H,6-8H2,1-5H3/t11-,14-,17-,18-/m1/s1. The minimum atomic E-state index is -0.860. The molecular formula is C19H25N3O7. The normalized spacial score (nSPS) is 23.1. The second-order valence-corrected chi connectivity index (χ2v) is 6.33. The highest BCUT2D eigenvalue weighted by molar-refractivity contribution is 5.92. The van der Waals surface area contributed by atoms with Gasteiger partial charge in [0.2, 0.25) is 5.69 Å². The molecule has 0 bridgehead atoms. The fourth-order valence-electron chi connectivity index (χ4n) is 3.08. The highest BCUT2D eigenvalue weighted by Gasteiger charge is 2.46. The van der Waals surface area contributed by atoms with Crippen molar-refractivity contribution >= 4 is 17.9 Å². The van der Waals surface area contributed by atoms with E-state index in [-0.39, 0.29) is 36.6 Å². The molecule has 10 nitrogen and oxygen atoms in total. The smallest absolute Gasteiger partial charge is 0.384 e. The van der Waals surface area contributed by atoms with Crippen LogP contribution in [-0.4, -0.2) is 58.3 Å². The molecule has 1 aromatic rings. The third-order valence-corrected chi connectivity index (χ3v) is 4.37. The van der Waals surface area contributed by atoms with Gasteiger partial charge in [-0.2, -0.15) is 0 Å². The molecule has 0 amide bonds. The lowest BCUT2D eigenvalue weighted by Gasteiger charge is -2.21. The zero-order chi connectivity index (χ0) is 21.6. The summed E-state index contributed by atoms with van der Waals surface area (Å²) in [7, 11) is 0. The molecular weight excluding hydrogens is 382 g/mol. The Kier molecular flexibility index (Phi) is 7.73. The fraction of sp³-hybridized carbons (Fsp3) is 0.632. The van der Waals surface area contributed by atoms with Gasteiger partial charge in [-0.05, 0) is 26.2 Å². The Hall–Kier alpha value is -2.93. The number of rotatable bonds is 6. The van der Waals surface area contributed by atoms with Crippen LogP contribution >= 0.6 is 0 Å². The average molecular weight is 407 g/mol. The van der Waals surface area contributed by atoms with Crippen molar-refractivity contribution in [3.8, 4) is 11.8 Å². The number of esters is 3. The summed E-state index contributed by atoms with van der Waals surface area (Å²) in [6.45, 7) is 8.73. The van der Waals surface area contributed by atoms with Gasteiger partial charge in [-0.25, -0.2) is 14.3 Å². The second kappa shape index (κ2) is 10.0. The van der Waals surface area contributed by atoms with Crippen LogP contribution in [0.15, 0.2) is 0 Å². The number of carbonyl (C=O) groups excluding carboxylic acids is 3. The number of hydrogen-bond donors (Lipinski definition) is 0. The first-order valence-electron chi connectivity index (χ1n) is 9.47. The lowest BCUT2D eigenvalue weighted by molar-refractivity contribution is -0.154. The molecule has 4 atom stereocenters. The highest BCUT2D eigenvalue weighted by Crippen LogP contribution is 2.37. The maximum atomic E-state index is 12.3. The van der Waals surface area contributed by atoms with E-state index in [2.05, 4.69) is 22.2 Å². The highest BCUT2D eigenvalue weighted by atomic mass is 16.6. The fourth-order valence-corrected chi connectivity index (χ4v) is 3.08. The minimum Gasteiger partial charge on any atom is -0.461 e. The zero-order valence-electron chi connectivity index (χ0n) is 17.1. The first-order valence-corrected chi connectivity index (χ1v) is 9.47. The number of ether oxygens (including phenoxy) is 4. The average Bonchev–Trinajstić information content (AvgIpc) is 3.21. The molecule has 1 saturated heterocycles. The Bertz CT molecular complexity index is 824. The van der Waals surface area contributed by atoms with Crippen LogP contribution in [0.25, 0.3) is 0 Å². The summed E-state index contributed by atoms with van der Waals surface area (Å²) in [5.41, 5.74) is -0.149. The summed E-state index contributed by atoms with van der Waals surface area (Å²) in [5, 5.41) is 7.84. The lowest BCUT2D eigenvalue weighted by atomic mass is 9.98. The van der Waals surface area contributed by atoms with Gasteiger partial charge in [0.05, 0.1) is 19.3 Å². The van der Waals surface area contributed by atoms with Gasteiger partial charge in [0, 0.05) is 18.8 Å². The van der Waals surface area contributed by atoms with E-state index in [1.807, 2.05) is 13.8 Å². The Morgan fingerprint density at radius 1 is 1.17 bits per heavy atom. The monoisotopic (exact) mass is 407 g/mol. The SMILES string of the molecule is CCOC(=O)C#Cc1c(C(=O)OCC)nnn1[C@@H]1O[C@H](CC)[C@@H](C)[C@H]1OC(C)=O. The van der Waals surface area contributed by atoms with E-state index in [0.717, 1.165) is 0 Å². The third-order valence-electron chi connectivity index (χ3n) is 4.37. The number of hydrogen-bond acceptors (Lipinski definition) is 9. The lowest BCUT2D eigenvalue weighted by Crippen LogP contribution is -2.30. The van der Waals surface area contributed by atoms with E-state index < -0.39 is 30.2 Å². The predicted molar refractivity (Wildman–Crippen MR) is 98.4 cm³/mol. The summed E-state index contributed by atoms with van der Waals surface area (Å²) in [6, 6.07) is 0. The van der Waals surface area contributed by atoms with E-state index in [1.165, 1.54) is 11.6 Å². The minimum absolute atomic E-state index is 0.0163. The van der Waals surface area contributed by atoms with Crippen molar-refractivity contribution in [2.75, 3.05) is 13.2 Å². The van der Waals surface area contributed by atoms with Crippen molar-refractivity contribution in [1.29, 1.82) is 0 Å². The summed E-state index contributed by atoms with van der Waals surface area (Å²) < 4.78 is 22.5. The summed E-state index contributed by atoms with van der Waals surface area (Å²) in [4.78, 5) is 35.5. The molecule has 1 fully saturated rings. The molecule has 0 spiro atoms. The Morgan fingerprint density at radius 2 is 1.86 bits per heavy atom. The molecule has 0 radical (unpaired) electrons. The Morgan fingerprint density at radius 3 is 2.45 bits per heavy atom. The number of aromatic nitrogens is 3. The topological polar surface area (TPSA) is 119 Å². The number of nitrogens with zero attached hydrogens (tertiary/aromatic N) is 3. The van der Waals surface area contributed by atoms with Crippen LogP contribution in [0.4, 0.5) is 0 Å². The van der Waals surface area contributed by atoms with E-state index in [1.54, 1.807) is 13.8 Å². The molecule has 0 saturated carbocycles. The van der Waals surface area contributed by atoms with Crippen LogP contribution in [-0.2, 0) is 28.5 Å². The first-order chi connectivity index (χ1) is 13.8. The first kappa shape index (κ1) is 22.4. The van der Waals surface area contributed by atoms with Gasteiger partial charge in [0.1, 0.15) is 5.69 Å². The second-order valence-electron chi connectivity index (χ2n) is 6.33. The predicted octanol–water partition coefficient (Wildman–Crippen LogP) is 1.24. The molecule has 158 valence electrons. The molecule has 2 heterocycles. The molecule has 0 unspecified atom stereocenters. The van der Waals surface area contributed by atoms with Crippen molar-refractivity contribution in [3.05, 3.63) is 11.4 Å². The van der Waals surface area contributed by atoms with Crippen LogP contribution in [0.1, 0.15) is 63.4 Å². The van der Waals surface area contributed by atoms with Gasteiger partial charge >= 0.3 is 17.9 Å². The Labute approximate surface area is 168 Å². The summed E-state index contributed by atoms with van der Waals surface area (Å²) in [6.07, 6.45) is -1.05. The van der Waals surface area contributed by atoms with Gasteiger partial charge in [0.15, 0.2) is 12.3 Å². The molecule has 1 aromatic heterocycles. The van der Waals surface area contributed by atoms with Gasteiger partial charge in [-0.1, -0.05) is 19.1 Å². The quantitative estimate of drug-likeness (QED) is 0.390. The molecule has 2 rings (SSSR count).